The fraction of sp³-hybridized carbons (Fsp3) is 0.136. The van der Waals surface area contributed by atoms with Crippen LogP contribution in [0.4, 0.5) is 0 Å². The third-order valence-corrected chi connectivity index (χ3v) is 4.12. The number of nitrogens with zero attached hydrogens (tertiary/aromatic N) is 1. The van der Waals surface area contributed by atoms with Crippen LogP contribution in [0.2, 0.25) is 0 Å². The van der Waals surface area contributed by atoms with Crippen LogP contribution in [-0.2, 0) is 16.2 Å². The molecule has 1 heterocycles. The molecule has 0 amide bonds. The molecular formula is C22H21NO2. The van der Waals surface area contributed by atoms with E-state index in [-0.39, 0.29) is 5.78 Å². The van der Waals surface area contributed by atoms with Crippen LogP contribution in [-0.4, -0.2) is 10.8 Å². The van der Waals surface area contributed by atoms with Gasteiger partial charge in [0.2, 0.25) is 0 Å². The van der Waals surface area contributed by atoms with Crippen molar-refractivity contribution in [1.82, 2.24) is 5.06 Å². The van der Waals surface area contributed by atoms with E-state index in [1.807, 2.05) is 73.7 Å². The Morgan fingerprint density at radius 2 is 1.64 bits per heavy atom. The van der Waals surface area contributed by atoms with Crippen LogP contribution < -0.4 is 0 Å². The first-order valence-electron chi connectivity index (χ1n) is 8.23. The molecule has 2 aromatic carbocycles. The zero-order valence-corrected chi connectivity index (χ0v) is 14.5. The van der Waals surface area contributed by atoms with Crippen molar-refractivity contribution in [1.29, 1.82) is 0 Å². The van der Waals surface area contributed by atoms with Crippen LogP contribution >= 0.6 is 0 Å². The summed E-state index contributed by atoms with van der Waals surface area (Å²) in [7, 11) is 0. The van der Waals surface area contributed by atoms with Crippen LogP contribution in [0.5, 0.6) is 0 Å². The molecule has 3 rings (SSSR count). The Morgan fingerprint density at radius 1 is 1.04 bits per heavy atom. The quantitative estimate of drug-likeness (QED) is 0.781. The minimum atomic E-state index is -0.0234. The highest BCUT2D eigenvalue weighted by atomic mass is 16.7. The summed E-state index contributed by atoms with van der Waals surface area (Å²) in [6, 6.07) is 19.9. The van der Waals surface area contributed by atoms with Gasteiger partial charge in [0.25, 0.3) is 0 Å². The summed E-state index contributed by atoms with van der Waals surface area (Å²) >= 11 is 0. The Bertz CT molecular complexity index is 848. The molecule has 0 saturated carbocycles. The highest BCUT2D eigenvalue weighted by Crippen LogP contribution is 2.35. The maximum Gasteiger partial charge on any atom is 0.161 e. The van der Waals surface area contributed by atoms with Crippen LogP contribution in [0.1, 0.15) is 25.0 Å². The van der Waals surface area contributed by atoms with Crippen molar-refractivity contribution in [3.05, 3.63) is 101 Å². The van der Waals surface area contributed by atoms with Crippen molar-refractivity contribution in [2.75, 3.05) is 0 Å². The zero-order chi connectivity index (χ0) is 17.8. The van der Waals surface area contributed by atoms with Gasteiger partial charge in [-0.25, -0.2) is 5.06 Å². The second-order valence-electron chi connectivity index (χ2n) is 6.01. The fourth-order valence-electron chi connectivity index (χ4n) is 2.87. The first-order chi connectivity index (χ1) is 12.1. The van der Waals surface area contributed by atoms with Crippen LogP contribution in [0.3, 0.4) is 0 Å². The van der Waals surface area contributed by atoms with E-state index in [9.17, 15) is 4.79 Å². The minimum absolute atomic E-state index is 0.0234. The van der Waals surface area contributed by atoms with Gasteiger partial charge in [-0.3, -0.25) is 9.63 Å². The molecular weight excluding hydrogens is 310 g/mol. The molecule has 3 heteroatoms. The van der Waals surface area contributed by atoms with Gasteiger partial charge in [-0.15, -0.1) is 0 Å². The maximum absolute atomic E-state index is 12.0. The number of hydrogen-bond donors (Lipinski definition) is 0. The monoisotopic (exact) mass is 331 g/mol. The molecule has 1 aliphatic heterocycles. The zero-order valence-electron chi connectivity index (χ0n) is 14.5. The molecule has 0 unspecified atom stereocenters. The Morgan fingerprint density at radius 3 is 2.24 bits per heavy atom. The van der Waals surface area contributed by atoms with E-state index in [4.69, 9.17) is 4.84 Å². The second kappa shape index (κ2) is 7.32. The van der Waals surface area contributed by atoms with Crippen LogP contribution in [0.25, 0.3) is 5.70 Å². The van der Waals surface area contributed by atoms with Crippen molar-refractivity contribution in [2.45, 2.75) is 20.5 Å². The van der Waals surface area contributed by atoms with Crippen LogP contribution in [0, 0.1) is 0 Å². The summed E-state index contributed by atoms with van der Waals surface area (Å²) in [6.45, 7) is 8.03. The molecule has 0 aliphatic carbocycles. The number of carbonyl (C=O) groups excluding carboxylic acids is 1. The van der Waals surface area contributed by atoms with Crippen molar-refractivity contribution in [3.63, 3.8) is 0 Å². The fourth-order valence-corrected chi connectivity index (χ4v) is 2.87. The summed E-state index contributed by atoms with van der Waals surface area (Å²) in [6.07, 6.45) is 1.88. The summed E-state index contributed by atoms with van der Waals surface area (Å²) < 4.78 is 0. The number of ketones is 1. The molecule has 0 aromatic heterocycles. The Hall–Kier alpha value is -2.91. The topological polar surface area (TPSA) is 29.5 Å². The first kappa shape index (κ1) is 16.9. The molecule has 0 N–H and O–H groups in total. The van der Waals surface area contributed by atoms with Gasteiger partial charge in [-0.2, -0.15) is 0 Å². The van der Waals surface area contributed by atoms with Crippen molar-refractivity contribution in [2.24, 2.45) is 0 Å². The summed E-state index contributed by atoms with van der Waals surface area (Å²) in [4.78, 5) is 18.1. The van der Waals surface area contributed by atoms with E-state index >= 15 is 0 Å². The van der Waals surface area contributed by atoms with Gasteiger partial charge >= 0.3 is 0 Å². The van der Waals surface area contributed by atoms with Gasteiger partial charge in [-0.05, 0) is 31.1 Å². The number of allylic oxidation sites excluding steroid dienone is 3. The van der Waals surface area contributed by atoms with Gasteiger partial charge < -0.3 is 0 Å². The molecule has 2 aromatic rings. The van der Waals surface area contributed by atoms with E-state index in [0.717, 1.165) is 22.4 Å². The van der Waals surface area contributed by atoms with Gasteiger partial charge in [-0.1, -0.05) is 67.2 Å². The largest absolute Gasteiger partial charge is 0.294 e. The average Bonchev–Trinajstić information content (AvgIpc) is 2.63. The maximum atomic E-state index is 12.0. The second-order valence-corrected chi connectivity index (χ2v) is 6.01. The summed E-state index contributed by atoms with van der Waals surface area (Å²) in [5.41, 5.74) is 5.09. The number of benzene rings is 2. The highest BCUT2D eigenvalue weighted by Gasteiger charge is 2.27. The lowest BCUT2D eigenvalue weighted by molar-refractivity contribution is -0.116. The van der Waals surface area contributed by atoms with Gasteiger partial charge in [0.05, 0.1) is 11.4 Å². The third-order valence-electron chi connectivity index (χ3n) is 4.12. The molecule has 0 radical (unpaired) electrons. The predicted molar refractivity (Wildman–Crippen MR) is 100 cm³/mol. The van der Waals surface area contributed by atoms with E-state index in [2.05, 4.69) is 6.58 Å². The Kier molecular flexibility index (Phi) is 4.96. The average molecular weight is 331 g/mol. The standard InChI is InChI=1S/C22H21NO2/c1-16-14-21(18(3)24)17(2)23(22(16)20-12-8-5-9-13-20)25-15-19-10-6-4-7-11-19/h4-14H,2,15H2,1,3H3. The van der Waals surface area contributed by atoms with Gasteiger partial charge in [0, 0.05) is 11.1 Å². The lowest BCUT2D eigenvalue weighted by Gasteiger charge is -2.33. The molecule has 0 saturated heterocycles. The smallest absolute Gasteiger partial charge is 0.161 e. The molecule has 0 atom stereocenters. The normalized spacial score (nSPS) is 14.6. The SMILES string of the molecule is C=C1C(C(C)=O)=CC(C)=C(c2ccccc2)N1OCc1ccccc1. The van der Waals surface area contributed by atoms with Crippen LogP contribution in [0.15, 0.2) is 90.2 Å². The molecule has 0 spiro atoms. The first-order valence-corrected chi connectivity index (χ1v) is 8.23. The number of carbonyl (C=O) groups is 1. The van der Waals surface area contributed by atoms with E-state index < -0.39 is 0 Å². The molecule has 25 heavy (non-hydrogen) atoms. The number of rotatable bonds is 5. The minimum Gasteiger partial charge on any atom is -0.294 e. The molecule has 0 bridgehead atoms. The lowest BCUT2D eigenvalue weighted by Crippen LogP contribution is -2.27. The van der Waals surface area contributed by atoms with E-state index in [0.29, 0.717) is 17.9 Å². The molecule has 1 aliphatic rings. The number of hydroxylamine groups is 2. The number of hydrogen-bond acceptors (Lipinski definition) is 3. The third kappa shape index (κ3) is 3.62. The number of Topliss-reactive ketones (excluding diaryl/α,β-unsaturated/α-hetero) is 1. The van der Waals surface area contributed by atoms with E-state index in [1.165, 1.54) is 0 Å². The highest BCUT2D eigenvalue weighted by molar-refractivity contribution is 5.99. The van der Waals surface area contributed by atoms with Gasteiger partial charge in [0.15, 0.2) is 5.78 Å². The summed E-state index contributed by atoms with van der Waals surface area (Å²) in [5, 5.41) is 1.69. The lowest BCUT2D eigenvalue weighted by atomic mass is 9.97. The molecule has 0 fully saturated rings. The van der Waals surface area contributed by atoms with Crippen molar-refractivity contribution in [3.8, 4) is 0 Å². The molecule has 3 nitrogen and oxygen atoms in total. The van der Waals surface area contributed by atoms with Gasteiger partial charge in [0.1, 0.15) is 6.61 Å². The van der Waals surface area contributed by atoms with Crippen molar-refractivity contribution < 1.29 is 9.63 Å². The Balaban J connectivity index is 1.98. The van der Waals surface area contributed by atoms with Crippen molar-refractivity contribution >= 4 is 11.5 Å². The molecule has 126 valence electrons. The van der Waals surface area contributed by atoms with E-state index in [1.54, 1.807) is 12.0 Å². The summed E-state index contributed by atoms with van der Waals surface area (Å²) in [5.74, 6) is -0.0234. The predicted octanol–water partition coefficient (Wildman–Crippen LogP) is 4.89. The Labute approximate surface area is 148 Å².